The SMILES string of the molecule is O=S(=O)(Cl)c1cc(F)ccc1I. The normalized spacial score (nSPS) is 11.6. The summed E-state index contributed by atoms with van der Waals surface area (Å²) in [5.41, 5.74) is 0. The molecule has 6 heteroatoms. The predicted octanol–water partition coefficient (Wildman–Crippen LogP) is 2.36. The van der Waals surface area contributed by atoms with Gasteiger partial charge in [-0.15, -0.1) is 0 Å². The molecule has 0 aliphatic rings. The zero-order valence-corrected chi connectivity index (χ0v) is 9.32. The fourth-order valence-electron chi connectivity index (χ4n) is 0.664. The van der Waals surface area contributed by atoms with E-state index in [1.165, 1.54) is 12.1 Å². The molecule has 0 bridgehead atoms. The summed E-state index contributed by atoms with van der Waals surface area (Å²) in [5, 5.41) is 0. The summed E-state index contributed by atoms with van der Waals surface area (Å²) in [4.78, 5) is -0.190. The Balaban J connectivity index is 3.43. The van der Waals surface area contributed by atoms with Crippen molar-refractivity contribution in [2.45, 2.75) is 4.90 Å². The smallest absolute Gasteiger partial charge is 0.207 e. The van der Waals surface area contributed by atoms with Gasteiger partial charge >= 0.3 is 0 Å². The van der Waals surface area contributed by atoms with Crippen LogP contribution in [0.4, 0.5) is 4.39 Å². The molecule has 0 amide bonds. The van der Waals surface area contributed by atoms with Crippen molar-refractivity contribution < 1.29 is 12.8 Å². The maximum Gasteiger partial charge on any atom is 0.262 e. The number of benzene rings is 1. The van der Waals surface area contributed by atoms with Gasteiger partial charge in [-0.2, -0.15) is 0 Å². The minimum absolute atomic E-state index is 0.190. The quantitative estimate of drug-likeness (QED) is 0.588. The molecule has 0 aromatic heterocycles. The summed E-state index contributed by atoms with van der Waals surface area (Å²) in [6.45, 7) is 0. The van der Waals surface area contributed by atoms with E-state index in [0.29, 0.717) is 3.57 Å². The number of rotatable bonds is 1. The molecule has 12 heavy (non-hydrogen) atoms. The lowest BCUT2D eigenvalue weighted by Gasteiger charge is -1.98. The van der Waals surface area contributed by atoms with Crippen molar-refractivity contribution in [3.63, 3.8) is 0 Å². The van der Waals surface area contributed by atoms with Gasteiger partial charge in [0.1, 0.15) is 5.82 Å². The zero-order valence-electron chi connectivity index (χ0n) is 5.59. The van der Waals surface area contributed by atoms with E-state index < -0.39 is 14.9 Å². The van der Waals surface area contributed by atoms with Gasteiger partial charge in [-0.05, 0) is 40.8 Å². The van der Waals surface area contributed by atoms with Gasteiger partial charge in [0, 0.05) is 14.3 Å². The van der Waals surface area contributed by atoms with Crippen molar-refractivity contribution in [3.05, 3.63) is 27.6 Å². The van der Waals surface area contributed by atoms with Crippen molar-refractivity contribution in [3.8, 4) is 0 Å². The van der Waals surface area contributed by atoms with Gasteiger partial charge in [0.2, 0.25) is 0 Å². The minimum atomic E-state index is -3.83. The largest absolute Gasteiger partial charge is 0.262 e. The fraction of sp³-hybridized carbons (Fsp3) is 0. The van der Waals surface area contributed by atoms with Gasteiger partial charge in [-0.1, -0.05) is 0 Å². The number of hydrogen-bond donors (Lipinski definition) is 0. The highest BCUT2D eigenvalue weighted by atomic mass is 127. The van der Waals surface area contributed by atoms with Gasteiger partial charge in [0.25, 0.3) is 9.05 Å². The van der Waals surface area contributed by atoms with Crippen molar-refractivity contribution in [2.24, 2.45) is 0 Å². The second kappa shape index (κ2) is 3.47. The first-order valence-electron chi connectivity index (χ1n) is 2.81. The highest BCUT2D eigenvalue weighted by molar-refractivity contribution is 14.1. The Bertz CT molecular complexity index is 404. The third kappa shape index (κ3) is 2.30. The van der Waals surface area contributed by atoms with E-state index in [-0.39, 0.29) is 4.90 Å². The first-order valence-corrected chi connectivity index (χ1v) is 6.20. The van der Waals surface area contributed by atoms with E-state index in [2.05, 4.69) is 0 Å². The Labute approximate surface area is 87.3 Å². The van der Waals surface area contributed by atoms with Gasteiger partial charge in [-0.25, -0.2) is 12.8 Å². The molecule has 0 N–H and O–H groups in total. The van der Waals surface area contributed by atoms with E-state index in [4.69, 9.17) is 10.7 Å². The zero-order chi connectivity index (χ0) is 9.35. The van der Waals surface area contributed by atoms with Crippen LogP contribution in [-0.4, -0.2) is 8.42 Å². The van der Waals surface area contributed by atoms with Crippen LogP contribution in [-0.2, 0) is 9.05 Å². The molecule has 0 fully saturated rings. The molecular weight excluding hydrogens is 317 g/mol. The lowest BCUT2D eigenvalue weighted by molar-refractivity contribution is 0.601. The number of halogens is 3. The van der Waals surface area contributed by atoms with E-state index >= 15 is 0 Å². The molecule has 1 aromatic rings. The van der Waals surface area contributed by atoms with Gasteiger partial charge in [0.05, 0.1) is 4.90 Å². The summed E-state index contributed by atoms with van der Waals surface area (Å²) in [5.74, 6) is -0.616. The second-order valence-corrected chi connectivity index (χ2v) is 5.71. The minimum Gasteiger partial charge on any atom is -0.207 e. The van der Waals surface area contributed by atoms with Crippen molar-refractivity contribution in [2.75, 3.05) is 0 Å². The third-order valence-corrected chi connectivity index (χ3v) is 3.82. The van der Waals surface area contributed by atoms with Crippen LogP contribution >= 0.6 is 33.3 Å². The monoisotopic (exact) mass is 320 g/mol. The van der Waals surface area contributed by atoms with E-state index in [9.17, 15) is 12.8 Å². The van der Waals surface area contributed by atoms with Crippen LogP contribution in [0.5, 0.6) is 0 Å². The van der Waals surface area contributed by atoms with Gasteiger partial charge < -0.3 is 0 Å². The molecule has 1 rings (SSSR count). The molecule has 0 heterocycles. The standard InChI is InChI=1S/C6H3ClFIO2S/c7-12(10,11)6-3-4(8)1-2-5(6)9/h1-3H. The van der Waals surface area contributed by atoms with Crippen molar-refractivity contribution >= 4 is 42.3 Å². The van der Waals surface area contributed by atoms with Crippen LogP contribution in [0.15, 0.2) is 23.1 Å². The third-order valence-electron chi connectivity index (χ3n) is 1.16. The Morgan fingerprint density at radius 3 is 2.42 bits per heavy atom. The summed E-state index contributed by atoms with van der Waals surface area (Å²) >= 11 is 1.77. The Kier molecular flexibility index (Phi) is 2.95. The van der Waals surface area contributed by atoms with Gasteiger partial charge in [0.15, 0.2) is 0 Å². The first-order chi connectivity index (χ1) is 5.41. The van der Waals surface area contributed by atoms with Gasteiger partial charge in [-0.3, -0.25) is 0 Å². The topological polar surface area (TPSA) is 34.1 Å². The van der Waals surface area contributed by atoms with Crippen LogP contribution in [0.3, 0.4) is 0 Å². The van der Waals surface area contributed by atoms with Crippen LogP contribution < -0.4 is 0 Å². The summed E-state index contributed by atoms with van der Waals surface area (Å²) in [6, 6.07) is 3.42. The molecule has 1 aromatic carbocycles. The average molecular weight is 321 g/mol. The fourth-order valence-corrected chi connectivity index (χ4v) is 3.20. The maximum absolute atomic E-state index is 12.6. The molecule has 0 spiro atoms. The molecule has 0 aliphatic heterocycles. The highest BCUT2D eigenvalue weighted by Crippen LogP contribution is 2.22. The molecule has 2 nitrogen and oxygen atoms in total. The van der Waals surface area contributed by atoms with Crippen LogP contribution in [0.25, 0.3) is 0 Å². The molecular formula is C6H3ClFIO2S. The molecule has 0 unspecified atom stereocenters. The lowest BCUT2D eigenvalue weighted by Crippen LogP contribution is -1.94. The predicted molar refractivity (Wildman–Crippen MR) is 52.2 cm³/mol. The highest BCUT2D eigenvalue weighted by Gasteiger charge is 2.14. The Hall–Kier alpha value is 0.120. The molecule has 0 radical (unpaired) electrons. The Morgan fingerprint density at radius 2 is 2.00 bits per heavy atom. The van der Waals surface area contributed by atoms with Crippen LogP contribution in [0.2, 0.25) is 0 Å². The van der Waals surface area contributed by atoms with Crippen LogP contribution in [0, 0.1) is 9.39 Å². The maximum atomic E-state index is 12.6. The summed E-state index contributed by atoms with van der Waals surface area (Å²) < 4.78 is 34.6. The summed E-state index contributed by atoms with van der Waals surface area (Å²) in [6.07, 6.45) is 0. The number of hydrogen-bond acceptors (Lipinski definition) is 2. The first kappa shape index (κ1) is 10.2. The van der Waals surface area contributed by atoms with Crippen molar-refractivity contribution in [1.29, 1.82) is 0 Å². The molecule has 0 atom stereocenters. The van der Waals surface area contributed by atoms with E-state index in [0.717, 1.165) is 6.07 Å². The Morgan fingerprint density at radius 1 is 1.42 bits per heavy atom. The molecule has 0 saturated carbocycles. The van der Waals surface area contributed by atoms with E-state index in [1.54, 1.807) is 22.6 Å². The molecule has 66 valence electrons. The lowest BCUT2D eigenvalue weighted by atomic mass is 10.3. The molecule has 0 aliphatic carbocycles. The van der Waals surface area contributed by atoms with Crippen LogP contribution in [0.1, 0.15) is 0 Å². The second-order valence-electron chi connectivity index (χ2n) is 2.01. The molecule has 0 saturated heterocycles. The summed E-state index contributed by atoms with van der Waals surface area (Å²) in [7, 11) is 1.21. The van der Waals surface area contributed by atoms with E-state index in [1.807, 2.05) is 0 Å². The average Bonchev–Trinajstić information content (AvgIpc) is 1.92. The van der Waals surface area contributed by atoms with Crippen molar-refractivity contribution in [1.82, 2.24) is 0 Å².